The summed E-state index contributed by atoms with van der Waals surface area (Å²) in [6.45, 7) is 5.05. The van der Waals surface area contributed by atoms with Crippen LogP contribution < -0.4 is 0 Å². The van der Waals surface area contributed by atoms with Gasteiger partial charge in [-0.1, -0.05) is 13.0 Å². The molecule has 0 saturated heterocycles. The van der Waals surface area contributed by atoms with Crippen molar-refractivity contribution in [3.05, 3.63) is 12.7 Å². The highest BCUT2D eigenvalue weighted by Crippen LogP contribution is 2.00. The summed E-state index contributed by atoms with van der Waals surface area (Å²) in [7, 11) is -2.91. The van der Waals surface area contributed by atoms with Crippen molar-refractivity contribution < 1.29 is 13.2 Å². The second-order valence-corrected chi connectivity index (χ2v) is 5.34. The summed E-state index contributed by atoms with van der Waals surface area (Å²) in [5.74, 6) is 0.330. The van der Waals surface area contributed by atoms with Gasteiger partial charge in [-0.2, -0.15) is 0 Å². The van der Waals surface area contributed by atoms with Gasteiger partial charge in [0.15, 0.2) is 0 Å². The van der Waals surface area contributed by atoms with Gasteiger partial charge in [-0.3, -0.25) is 4.79 Å². The van der Waals surface area contributed by atoms with E-state index in [4.69, 9.17) is 0 Å². The van der Waals surface area contributed by atoms with Crippen LogP contribution in [0.4, 0.5) is 0 Å². The molecule has 0 fully saturated rings. The summed E-state index contributed by atoms with van der Waals surface area (Å²) in [5.41, 5.74) is 0. The first-order chi connectivity index (χ1) is 6.02. The SMILES string of the molecule is C=CCC(=O)CCCS(=O)(=O)CC. The van der Waals surface area contributed by atoms with Crippen molar-refractivity contribution in [1.82, 2.24) is 0 Å². The van der Waals surface area contributed by atoms with E-state index in [1.54, 1.807) is 6.92 Å². The molecule has 0 atom stereocenters. The average Bonchev–Trinajstić information content (AvgIpc) is 2.05. The molecule has 0 aromatic heterocycles. The van der Waals surface area contributed by atoms with Gasteiger partial charge >= 0.3 is 0 Å². The van der Waals surface area contributed by atoms with Crippen LogP contribution in [0.5, 0.6) is 0 Å². The summed E-state index contributed by atoms with van der Waals surface area (Å²) in [5, 5.41) is 0. The van der Waals surface area contributed by atoms with Crippen LogP contribution in [0.25, 0.3) is 0 Å². The third-order valence-electron chi connectivity index (χ3n) is 1.72. The van der Waals surface area contributed by atoms with Crippen molar-refractivity contribution >= 4 is 15.6 Å². The average molecular weight is 204 g/mol. The second-order valence-electron chi connectivity index (χ2n) is 2.87. The molecule has 0 heterocycles. The highest BCUT2D eigenvalue weighted by Gasteiger charge is 2.08. The van der Waals surface area contributed by atoms with Gasteiger partial charge in [-0.15, -0.1) is 6.58 Å². The van der Waals surface area contributed by atoms with Crippen LogP contribution >= 0.6 is 0 Å². The van der Waals surface area contributed by atoms with E-state index in [-0.39, 0.29) is 17.3 Å². The number of hydrogen-bond donors (Lipinski definition) is 0. The number of carbonyl (C=O) groups excluding carboxylic acids is 1. The lowest BCUT2D eigenvalue weighted by molar-refractivity contribution is -0.118. The molecule has 0 bridgehead atoms. The van der Waals surface area contributed by atoms with Crippen LogP contribution in [0, 0.1) is 0 Å². The van der Waals surface area contributed by atoms with Gasteiger partial charge < -0.3 is 0 Å². The van der Waals surface area contributed by atoms with Gasteiger partial charge in [0.2, 0.25) is 0 Å². The molecule has 0 saturated carbocycles. The molecule has 0 unspecified atom stereocenters. The van der Waals surface area contributed by atoms with Gasteiger partial charge in [-0.25, -0.2) is 8.42 Å². The highest BCUT2D eigenvalue weighted by molar-refractivity contribution is 7.91. The molecule has 0 radical (unpaired) electrons. The van der Waals surface area contributed by atoms with Crippen molar-refractivity contribution in [3.8, 4) is 0 Å². The fourth-order valence-corrected chi connectivity index (χ4v) is 1.77. The third-order valence-corrected chi connectivity index (χ3v) is 3.51. The van der Waals surface area contributed by atoms with Crippen LogP contribution in [-0.2, 0) is 14.6 Å². The van der Waals surface area contributed by atoms with Gasteiger partial charge in [-0.05, 0) is 6.42 Å². The number of sulfone groups is 1. The smallest absolute Gasteiger partial charge is 0.150 e. The van der Waals surface area contributed by atoms with Crippen LogP contribution in [0.3, 0.4) is 0 Å². The van der Waals surface area contributed by atoms with Crippen molar-refractivity contribution in [3.63, 3.8) is 0 Å². The Morgan fingerprint density at radius 3 is 2.54 bits per heavy atom. The van der Waals surface area contributed by atoms with E-state index in [0.717, 1.165) is 0 Å². The molecule has 0 aromatic rings. The lowest BCUT2D eigenvalue weighted by atomic mass is 10.2. The Kier molecular flexibility index (Phi) is 5.62. The minimum atomic E-state index is -2.91. The Balaban J connectivity index is 3.68. The Labute approximate surface area is 79.8 Å². The molecule has 0 aromatic carbocycles. The van der Waals surface area contributed by atoms with Gasteiger partial charge in [0.1, 0.15) is 15.6 Å². The minimum Gasteiger partial charge on any atom is -0.299 e. The monoisotopic (exact) mass is 204 g/mol. The normalized spacial score (nSPS) is 11.2. The molecule has 0 aliphatic rings. The quantitative estimate of drug-likeness (QED) is 0.588. The number of carbonyl (C=O) groups is 1. The van der Waals surface area contributed by atoms with E-state index in [1.807, 2.05) is 0 Å². The lowest BCUT2D eigenvalue weighted by Crippen LogP contribution is -2.10. The lowest BCUT2D eigenvalue weighted by Gasteiger charge is -1.99. The molecule has 13 heavy (non-hydrogen) atoms. The Bertz CT molecular complexity index is 265. The molecule has 3 nitrogen and oxygen atoms in total. The van der Waals surface area contributed by atoms with Crippen molar-refractivity contribution in [1.29, 1.82) is 0 Å². The van der Waals surface area contributed by atoms with Crippen molar-refractivity contribution in [2.45, 2.75) is 26.2 Å². The highest BCUT2D eigenvalue weighted by atomic mass is 32.2. The predicted octanol–water partition coefficient (Wildman–Crippen LogP) is 1.35. The first kappa shape index (κ1) is 12.4. The zero-order valence-electron chi connectivity index (χ0n) is 7.95. The van der Waals surface area contributed by atoms with E-state index < -0.39 is 9.84 Å². The van der Waals surface area contributed by atoms with Crippen molar-refractivity contribution in [2.75, 3.05) is 11.5 Å². The van der Waals surface area contributed by atoms with E-state index >= 15 is 0 Å². The summed E-state index contributed by atoms with van der Waals surface area (Å²) in [4.78, 5) is 11.0. The molecular weight excluding hydrogens is 188 g/mol. The zero-order valence-corrected chi connectivity index (χ0v) is 8.77. The largest absolute Gasteiger partial charge is 0.299 e. The number of rotatable bonds is 7. The Morgan fingerprint density at radius 2 is 2.08 bits per heavy atom. The van der Waals surface area contributed by atoms with Gasteiger partial charge in [0.05, 0.1) is 5.75 Å². The molecule has 0 N–H and O–H groups in total. The Hall–Kier alpha value is -0.640. The van der Waals surface area contributed by atoms with Gasteiger partial charge in [0.25, 0.3) is 0 Å². The number of ketones is 1. The zero-order chi connectivity index (χ0) is 10.3. The maximum Gasteiger partial charge on any atom is 0.150 e. The third kappa shape index (κ3) is 6.51. The van der Waals surface area contributed by atoms with Crippen LogP contribution in [0.15, 0.2) is 12.7 Å². The molecule has 0 rings (SSSR count). The predicted molar refractivity (Wildman–Crippen MR) is 53.4 cm³/mol. The summed E-state index contributed by atoms with van der Waals surface area (Å²) >= 11 is 0. The molecule has 0 aliphatic heterocycles. The van der Waals surface area contributed by atoms with E-state index in [9.17, 15) is 13.2 Å². The Morgan fingerprint density at radius 1 is 1.46 bits per heavy atom. The maximum absolute atomic E-state index is 11.0. The molecular formula is C9H16O3S. The first-order valence-corrected chi connectivity index (χ1v) is 6.17. The number of hydrogen-bond acceptors (Lipinski definition) is 3. The molecule has 4 heteroatoms. The van der Waals surface area contributed by atoms with Crippen LogP contribution in [-0.4, -0.2) is 25.7 Å². The number of allylic oxidation sites excluding steroid dienone is 1. The molecule has 76 valence electrons. The van der Waals surface area contributed by atoms with E-state index in [2.05, 4.69) is 6.58 Å². The van der Waals surface area contributed by atoms with Gasteiger partial charge in [0, 0.05) is 18.6 Å². The first-order valence-electron chi connectivity index (χ1n) is 4.35. The fraction of sp³-hybridized carbons (Fsp3) is 0.667. The van der Waals surface area contributed by atoms with Crippen LogP contribution in [0.2, 0.25) is 0 Å². The molecule has 0 aliphatic carbocycles. The standard InChI is InChI=1S/C9H16O3S/c1-3-6-9(10)7-5-8-13(11,12)4-2/h3H,1,4-8H2,2H3. The summed E-state index contributed by atoms with van der Waals surface area (Å²) < 4.78 is 22.0. The fourth-order valence-electron chi connectivity index (χ4n) is 0.897. The topological polar surface area (TPSA) is 51.2 Å². The summed E-state index contributed by atoms with van der Waals surface area (Å²) in [6, 6.07) is 0. The van der Waals surface area contributed by atoms with E-state index in [0.29, 0.717) is 19.3 Å². The second kappa shape index (κ2) is 5.91. The molecule has 0 amide bonds. The number of Topliss-reactive ketones (excluding diaryl/α,β-unsaturated/α-hetero) is 1. The molecule has 0 spiro atoms. The van der Waals surface area contributed by atoms with E-state index in [1.165, 1.54) is 6.08 Å². The van der Waals surface area contributed by atoms with Crippen molar-refractivity contribution in [2.24, 2.45) is 0 Å². The maximum atomic E-state index is 11.0. The summed E-state index contributed by atoms with van der Waals surface area (Å²) in [6.07, 6.45) is 2.65. The minimum absolute atomic E-state index is 0.0568. The van der Waals surface area contributed by atoms with Crippen LogP contribution in [0.1, 0.15) is 26.2 Å².